The molecule has 2 rings (SSSR count). The molecule has 0 aliphatic heterocycles. The van der Waals surface area contributed by atoms with Crippen molar-refractivity contribution in [2.45, 2.75) is 12.1 Å². The summed E-state index contributed by atoms with van der Waals surface area (Å²) in [5.74, 6) is -1.58. The van der Waals surface area contributed by atoms with Crippen molar-refractivity contribution in [1.82, 2.24) is 0 Å². The second-order valence-corrected chi connectivity index (χ2v) is 6.56. The molecular formula is C14H13F2O3P. The molecule has 0 heterocycles. The van der Waals surface area contributed by atoms with Crippen LogP contribution in [0.3, 0.4) is 0 Å². The van der Waals surface area contributed by atoms with Gasteiger partial charge >= 0.3 is 7.60 Å². The van der Waals surface area contributed by atoms with Gasteiger partial charge in [0.15, 0.2) is 0 Å². The molecule has 20 heavy (non-hydrogen) atoms. The van der Waals surface area contributed by atoms with Gasteiger partial charge in [-0.2, -0.15) is 0 Å². The van der Waals surface area contributed by atoms with E-state index in [4.69, 9.17) is 0 Å². The zero-order valence-electron chi connectivity index (χ0n) is 10.6. The summed E-state index contributed by atoms with van der Waals surface area (Å²) in [7, 11) is -4.87. The molecule has 0 atom stereocenters. The summed E-state index contributed by atoms with van der Waals surface area (Å²) in [4.78, 5) is 19.3. The van der Waals surface area contributed by atoms with Gasteiger partial charge in [0, 0.05) is 11.1 Å². The van der Waals surface area contributed by atoms with Gasteiger partial charge in [-0.05, 0) is 19.1 Å². The Morgan fingerprint density at radius 1 is 0.900 bits per heavy atom. The Kier molecular flexibility index (Phi) is 3.78. The molecule has 0 saturated carbocycles. The lowest BCUT2D eigenvalue weighted by Crippen LogP contribution is -2.26. The van der Waals surface area contributed by atoms with E-state index in [-0.39, 0.29) is 11.1 Å². The molecule has 0 unspecified atom stereocenters. The molecular weight excluding hydrogens is 285 g/mol. The zero-order chi connectivity index (χ0) is 15.0. The molecule has 0 aliphatic rings. The standard InChI is InChI=1S/C14H13F2O3P/c1-14(20(17,18)19,10-6-2-4-8-12(10)15)11-7-3-5-9-13(11)16/h2-9H,1H3,(H2,17,18,19). The topological polar surface area (TPSA) is 57.5 Å². The van der Waals surface area contributed by atoms with Gasteiger partial charge in [-0.15, -0.1) is 0 Å². The van der Waals surface area contributed by atoms with E-state index in [0.29, 0.717) is 0 Å². The summed E-state index contributed by atoms with van der Waals surface area (Å²) < 4.78 is 39.9. The molecule has 6 heteroatoms. The molecule has 2 aromatic rings. The molecule has 0 saturated heterocycles. The van der Waals surface area contributed by atoms with Gasteiger partial charge in [-0.25, -0.2) is 8.78 Å². The summed E-state index contributed by atoms with van der Waals surface area (Å²) in [6.07, 6.45) is 0. The summed E-state index contributed by atoms with van der Waals surface area (Å²) in [5.41, 5.74) is -0.475. The van der Waals surface area contributed by atoms with E-state index in [1.54, 1.807) is 0 Å². The van der Waals surface area contributed by atoms with Gasteiger partial charge in [0.2, 0.25) is 0 Å². The predicted molar refractivity (Wildman–Crippen MR) is 71.3 cm³/mol. The van der Waals surface area contributed by atoms with Gasteiger partial charge in [-0.3, -0.25) is 4.57 Å². The molecule has 0 spiro atoms. The maximum Gasteiger partial charge on any atom is 0.340 e. The number of rotatable bonds is 3. The van der Waals surface area contributed by atoms with Crippen LogP contribution in [0.25, 0.3) is 0 Å². The van der Waals surface area contributed by atoms with Crippen LogP contribution in [0.2, 0.25) is 0 Å². The summed E-state index contributed by atoms with van der Waals surface area (Å²) in [6, 6.07) is 10.4. The Labute approximate surface area is 115 Å². The maximum absolute atomic E-state index is 14.0. The minimum atomic E-state index is -4.87. The molecule has 3 nitrogen and oxygen atoms in total. The average molecular weight is 298 g/mol. The van der Waals surface area contributed by atoms with E-state index in [1.807, 2.05) is 0 Å². The normalized spacial score (nSPS) is 12.4. The quantitative estimate of drug-likeness (QED) is 0.854. The van der Waals surface area contributed by atoms with Gasteiger partial charge in [-0.1, -0.05) is 36.4 Å². The summed E-state index contributed by atoms with van der Waals surface area (Å²) >= 11 is 0. The highest BCUT2D eigenvalue weighted by atomic mass is 31.2. The first-order valence-electron chi connectivity index (χ1n) is 5.84. The lowest BCUT2D eigenvalue weighted by Gasteiger charge is -2.32. The van der Waals surface area contributed by atoms with Crippen LogP contribution in [0.1, 0.15) is 18.1 Å². The highest BCUT2D eigenvalue weighted by molar-refractivity contribution is 7.53. The highest BCUT2D eigenvalue weighted by Gasteiger charge is 2.48. The Bertz CT molecular complexity index is 636. The summed E-state index contributed by atoms with van der Waals surface area (Å²) in [5, 5.41) is -2.08. The maximum atomic E-state index is 14.0. The largest absolute Gasteiger partial charge is 0.340 e. The van der Waals surface area contributed by atoms with E-state index in [2.05, 4.69) is 0 Å². The van der Waals surface area contributed by atoms with Crippen molar-refractivity contribution in [3.05, 3.63) is 71.3 Å². The van der Waals surface area contributed by atoms with E-state index in [0.717, 1.165) is 19.1 Å². The van der Waals surface area contributed by atoms with Crippen LogP contribution >= 0.6 is 7.60 Å². The lowest BCUT2D eigenvalue weighted by atomic mass is 9.91. The second-order valence-electron chi connectivity index (χ2n) is 4.58. The van der Waals surface area contributed by atoms with Crippen molar-refractivity contribution < 1.29 is 23.1 Å². The van der Waals surface area contributed by atoms with Gasteiger partial charge in [0.1, 0.15) is 16.8 Å². The van der Waals surface area contributed by atoms with Crippen LogP contribution in [0.5, 0.6) is 0 Å². The van der Waals surface area contributed by atoms with Crippen LogP contribution in [0.15, 0.2) is 48.5 Å². The third-order valence-electron chi connectivity index (χ3n) is 3.38. The van der Waals surface area contributed by atoms with Gasteiger partial charge < -0.3 is 9.79 Å². The van der Waals surface area contributed by atoms with E-state index >= 15 is 0 Å². The Morgan fingerprint density at radius 3 is 1.55 bits per heavy atom. The monoisotopic (exact) mass is 298 g/mol. The molecule has 0 amide bonds. The zero-order valence-corrected chi connectivity index (χ0v) is 11.5. The first-order chi connectivity index (χ1) is 9.28. The fraction of sp³-hybridized carbons (Fsp3) is 0.143. The van der Waals surface area contributed by atoms with Crippen LogP contribution in [0.4, 0.5) is 8.78 Å². The van der Waals surface area contributed by atoms with Crippen LogP contribution in [0, 0.1) is 11.6 Å². The predicted octanol–water partition coefficient (Wildman–Crippen LogP) is 3.41. The van der Waals surface area contributed by atoms with Crippen molar-refractivity contribution in [2.75, 3.05) is 0 Å². The average Bonchev–Trinajstić information content (AvgIpc) is 2.37. The lowest BCUT2D eigenvalue weighted by molar-refractivity contribution is 0.339. The Hall–Kier alpha value is -1.55. The Balaban J connectivity index is 2.81. The minimum Gasteiger partial charge on any atom is -0.324 e. The van der Waals surface area contributed by atoms with Crippen LogP contribution in [-0.4, -0.2) is 9.79 Å². The fourth-order valence-corrected chi connectivity index (χ4v) is 3.16. The molecule has 106 valence electrons. The second kappa shape index (κ2) is 5.09. The highest BCUT2D eigenvalue weighted by Crippen LogP contribution is 2.61. The smallest absolute Gasteiger partial charge is 0.324 e. The third kappa shape index (κ3) is 2.29. The molecule has 0 aromatic heterocycles. The van der Waals surface area contributed by atoms with E-state index < -0.39 is 24.4 Å². The number of halogens is 2. The molecule has 0 fully saturated rings. The van der Waals surface area contributed by atoms with Crippen molar-refractivity contribution in [1.29, 1.82) is 0 Å². The minimum absolute atomic E-state index is 0.238. The first-order valence-corrected chi connectivity index (χ1v) is 7.45. The van der Waals surface area contributed by atoms with Crippen LogP contribution < -0.4 is 0 Å². The summed E-state index contributed by atoms with van der Waals surface area (Å²) in [6.45, 7) is 1.14. The van der Waals surface area contributed by atoms with E-state index in [9.17, 15) is 23.1 Å². The molecule has 0 bridgehead atoms. The van der Waals surface area contributed by atoms with Crippen molar-refractivity contribution in [3.8, 4) is 0 Å². The number of hydrogen-bond acceptors (Lipinski definition) is 1. The van der Waals surface area contributed by atoms with Crippen LogP contribution in [-0.2, 0) is 9.72 Å². The van der Waals surface area contributed by atoms with E-state index in [1.165, 1.54) is 36.4 Å². The van der Waals surface area contributed by atoms with Crippen molar-refractivity contribution >= 4 is 7.60 Å². The number of hydrogen-bond donors (Lipinski definition) is 2. The van der Waals surface area contributed by atoms with Gasteiger partial charge in [0.25, 0.3) is 0 Å². The first kappa shape index (κ1) is 14.9. The fourth-order valence-electron chi connectivity index (χ4n) is 2.17. The Morgan fingerprint density at radius 2 is 1.25 bits per heavy atom. The van der Waals surface area contributed by atoms with Gasteiger partial charge in [0.05, 0.1) is 0 Å². The third-order valence-corrected chi connectivity index (χ3v) is 5.03. The van der Waals surface area contributed by atoms with Crippen molar-refractivity contribution in [2.24, 2.45) is 0 Å². The molecule has 2 N–H and O–H groups in total. The number of benzene rings is 2. The SMILES string of the molecule is CC(c1ccccc1F)(c1ccccc1F)P(=O)(O)O. The molecule has 2 aromatic carbocycles. The molecule has 0 aliphatic carbocycles. The van der Waals surface area contributed by atoms with Crippen molar-refractivity contribution in [3.63, 3.8) is 0 Å². The molecule has 0 radical (unpaired) electrons.